The highest BCUT2D eigenvalue weighted by Gasteiger charge is 2.14. The molecule has 7 nitrogen and oxygen atoms in total. The molecule has 0 N–H and O–H groups in total. The summed E-state index contributed by atoms with van der Waals surface area (Å²) in [4.78, 5) is 40.0. The summed E-state index contributed by atoms with van der Waals surface area (Å²) in [6, 6.07) is 4.98. The van der Waals surface area contributed by atoms with E-state index in [4.69, 9.17) is 9.47 Å². The van der Waals surface area contributed by atoms with Gasteiger partial charge in [-0.15, -0.1) is 0 Å². The van der Waals surface area contributed by atoms with Gasteiger partial charge in [-0.1, -0.05) is 18.3 Å². The van der Waals surface area contributed by atoms with Gasteiger partial charge in [0.1, 0.15) is 6.54 Å². The lowest BCUT2D eigenvalue weighted by atomic mass is 10.2. The maximum absolute atomic E-state index is 11.9. The number of nitrogens with zero attached hydrogens (tertiary/aromatic N) is 2. The molecule has 1 amide bonds. The summed E-state index contributed by atoms with van der Waals surface area (Å²) < 4.78 is 12.1. The maximum atomic E-state index is 11.9. The van der Waals surface area contributed by atoms with Gasteiger partial charge in [-0.25, -0.2) is 4.79 Å². The molecule has 8 heteroatoms. The standard InChI is InChI=1S/C17H20N2O5S/c1-4-6-14(20)18-17-19(10-15(21)24-5-2)12-8-7-11(16(22)23-3)9-13(12)25-17/h7-9H,4-6,10H2,1-3H3. The zero-order chi connectivity index (χ0) is 18.4. The van der Waals surface area contributed by atoms with Crippen molar-refractivity contribution in [3.63, 3.8) is 0 Å². The fourth-order valence-electron chi connectivity index (χ4n) is 2.27. The number of fused-ring (bicyclic) bond motifs is 1. The number of thiazole rings is 1. The average Bonchev–Trinajstić information content (AvgIpc) is 2.91. The van der Waals surface area contributed by atoms with Gasteiger partial charge >= 0.3 is 11.9 Å². The van der Waals surface area contributed by atoms with Gasteiger partial charge in [-0.05, 0) is 31.5 Å². The maximum Gasteiger partial charge on any atom is 0.337 e. The molecule has 134 valence electrons. The van der Waals surface area contributed by atoms with Crippen molar-refractivity contribution in [2.24, 2.45) is 4.99 Å². The van der Waals surface area contributed by atoms with Crippen LogP contribution in [-0.4, -0.2) is 36.1 Å². The zero-order valence-electron chi connectivity index (χ0n) is 14.4. The van der Waals surface area contributed by atoms with Crippen LogP contribution in [0.3, 0.4) is 0 Å². The number of hydrogen-bond acceptors (Lipinski definition) is 6. The molecule has 2 rings (SSSR count). The smallest absolute Gasteiger partial charge is 0.337 e. The number of carbonyl (C=O) groups excluding carboxylic acids is 3. The number of esters is 2. The SMILES string of the molecule is CCCC(=O)N=c1sc2cc(C(=O)OC)ccc2n1CC(=O)OCC. The van der Waals surface area contributed by atoms with Crippen molar-refractivity contribution in [1.29, 1.82) is 0 Å². The van der Waals surface area contributed by atoms with E-state index >= 15 is 0 Å². The predicted octanol–water partition coefficient (Wildman–Crippen LogP) is 2.28. The van der Waals surface area contributed by atoms with E-state index in [9.17, 15) is 14.4 Å². The van der Waals surface area contributed by atoms with Gasteiger partial charge in [0.2, 0.25) is 5.91 Å². The lowest BCUT2D eigenvalue weighted by molar-refractivity contribution is -0.143. The molecule has 1 aromatic heterocycles. The molecule has 0 atom stereocenters. The number of hydrogen-bond donors (Lipinski definition) is 0. The van der Waals surface area contributed by atoms with Gasteiger partial charge in [0, 0.05) is 6.42 Å². The van der Waals surface area contributed by atoms with Crippen LogP contribution in [0, 0.1) is 0 Å². The Balaban J connectivity index is 2.57. The molecule has 0 unspecified atom stereocenters. The fraction of sp³-hybridized carbons (Fsp3) is 0.412. The molecule has 0 aliphatic heterocycles. The Morgan fingerprint density at radius 2 is 2.00 bits per heavy atom. The molecule has 0 radical (unpaired) electrons. The molecule has 0 saturated carbocycles. The molecule has 1 heterocycles. The first-order chi connectivity index (χ1) is 12.0. The quantitative estimate of drug-likeness (QED) is 0.734. The number of ether oxygens (including phenoxy) is 2. The summed E-state index contributed by atoms with van der Waals surface area (Å²) in [6.45, 7) is 3.85. The number of benzene rings is 1. The fourth-order valence-corrected chi connectivity index (χ4v) is 3.35. The number of methoxy groups -OCH3 is 1. The normalized spacial score (nSPS) is 11.6. The minimum absolute atomic E-state index is 0.0519. The van der Waals surface area contributed by atoms with Crippen LogP contribution in [0.15, 0.2) is 23.2 Å². The number of rotatable bonds is 6. The van der Waals surface area contributed by atoms with Crippen LogP contribution >= 0.6 is 11.3 Å². The molecule has 1 aromatic carbocycles. The average molecular weight is 364 g/mol. The highest BCUT2D eigenvalue weighted by atomic mass is 32.1. The summed E-state index contributed by atoms with van der Waals surface area (Å²) in [5.74, 6) is -1.11. The number of amides is 1. The third-order valence-electron chi connectivity index (χ3n) is 3.38. The van der Waals surface area contributed by atoms with Crippen molar-refractivity contribution in [3.05, 3.63) is 28.6 Å². The molecule has 0 spiro atoms. The van der Waals surface area contributed by atoms with E-state index in [1.807, 2.05) is 6.92 Å². The van der Waals surface area contributed by atoms with Gasteiger partial charge < -0.3 is 14.0 Å². The molecule has 0 aliphatic carbocycles. The van der Waals surface area contributed by atoms with Crippen molar-refractivity contribution in [2.45, 2.75) is 33.2 Å². The third kappa shape index (κ3) is 4.54. The third-order valence-corrected chi connectivity index (χ3v) is 4.42. The lowest BCUT2D eigenvalue weighted by Gasteiger charge is -2.05. The lowest BCUT2D eigenvalue weighted by Crippen LogP contribution is -2.23. The largest absolute Gasteiger partial charge is 0.465 e. The Hall–Kier alpha value is -2.48. The predicted molar refractivity (Wildman–Crippen MR) is 93.3 cm³/mol. The molecule has 0 bridgehead atoms. The first-order valence-corrected chi connectivity index (χ1v) is 8.76. The second-order valence-corrected chi connectivity index (χ2v) is 6.21. The Morgan fingerprint density at radius 1 is 1.24 bits per heavy atom. The van der Waals surface area contributed by atoms with Crippen molar-refractivity contribution >= 4 is 39.4 Å². The summed E-state index contributed by atoms with van der Waals surface area (Å²) in [6.07, 6.45) is 1.03. The van der Waals surface area contributed by atoms with E-state index in [1.54, 1.807) is 29.7 Å². The van der Waals surface area contributed by atoms with Crippen molar-refractivity contribution in [2.75, 3.05) is 13.7 Å². The topological polar surface area (TPSA) is 87.0 Å². The van der Waals surface area contributed by atoms with Gasteiger partial charge in [0.05, 0.1) is 29.5 Å². The Labute approximate surface area is 148 Å². The summed E-state index contributed by atoms with van der Waals surface area (Å²) in [5, 5.41) is 0. The number of aromatic nitrogens is 1. The Bertz CT molecular complexity index is 866. The molecule has 0 fully saturated rings. The molecule has 0 aliphatic rings. The van der Waals surface area contributed by atoms with Gasteiger partial charge in [0.15, 0.2) is 4.80 Å². The molecular weight excluding hydrogens is 344 g/mol. The highest BCUT2D eigenvalue weighted by Crippen LogP contribution is 2.20. The summed E-state index contributed by atoms with van der Waals surface area (Å²) in [5.41, 5.74) is 1.10. The van der Waals surface area contributed by atoms with Gasteiger partial charge in [-0.2, -0.15) is 4.99 Å². The van der Waals surface area contributed by atoms with Crippen molar-refractivity contribution < 1.29 is 23.9 Å². The molecule has 0 saturated heterocycles. The Kier molecular flexibility index (Phi) is 6.46. The van der Waals surface area contributed by atoms with Crippen molar-refractivity contribution in [3.8, 4) is 0 Å². The Morgan fingerprint density at radius 3 is 2.64 bits per heavy atom. The minimum atomic E-state index is -0.451. The molecule has 25 heavy (non-hydrogen) atoms. The monoisotopic (exact) mass is 364 g/mol. The van der Waals surface area contributed by atoms with E-state index in [0.29, 0.717) is 28.7 Å². The summed E-state index contributed by atoms with van der Waals surface area (Å²) >= 11 is 1.24. The van der Waals surface area contributed by atoms with E-state index in [1.165, 1.54) is 18.4 Å². The van der Waals surface area contributed by atoms with E-state index in [-0.39, 0.29) is 19.1 Å². The second kappa shape index (κ2) is 8.57. The van der Waals surface area contributed by atoms with Gasteiger partial charge in [0.25, 0.3) is 0 Å². The molecule has 2 aromatic rings. The van der Waals surface area contributed by atoms with Crippen LogP contribution in [0.5, 0.6) is 0 Å². The summed E-state index contributed by atoms with van der Waals surface area (Å²) in [7, 11) is 1.31. The van der Waals surface area contributed by atoms with Crippen LogP contribution in [0.25, 0.3) is 10.2 Å². The minimum Gasteiger partial charge on any atom is -0.465 e. The van der Waals surface area contributed by atoms with E-state index in [2.05, 4.69) is 4.99 Å². The second-order valence-electron chi connectivity index (χ2n) is 5.21. The van der Waals surface area contributed by atoms with E-state index < -0.39 is 11.9 Å². The number of carbonyl (C=O) groups is 3. The first kappa shape index (κ1) is 18.9. The van der Waals surface area contributed by atoms with E-state index in [0.717, 1.165) is 4.70 Å². The van der Waals surface area contributed by atoms with Crippen LogP contribution in [0.1, 0.15) is 37.0 Å². The van der Waals surface area contributed by atoms with Crippen LogP contribution in [0.4, 0.5) is 0 Å². The zero-order valence-corrected chi connectivity index (χ0v) is 15.2. The van der Waals surface area contributed by atoms with Crippen molar-refractivity contribution in [1.82, 2.24) is 4.57 Å². The first-order valence-electron chi connectivity index (χ1n) is 7.95. The molecular formula is C17H20N2O5S. The van der Waals surface area contributed by atoms with Crippen LogP contribution in [-0.2, 0) is 25.6 Å². The highest BCUT2D eigenvalue weighted by molar-refractivity contribution is 7.16. The van der Waals surface area contributed by atoms with Gasteiger partial charge in [-0.3, -0.25) is 9.59 Å². The van der Waals surface area contributed by atoms with Crippen LogP contribution < -0.4 is 4.80 Å². The van der Waals surface area contributed by atoms with Crippen LogP contribution in [0.2, 0.25) is 0 Å².